The summed E-state index contributed by atoms with van der Waals surface area (Å²) in [6.45, 7) is -0.161. The van der Waals surface area contributed by atoms with Crippen LogP contribution < -0.4 is 15.1 Å². The molecular formula is C20H16F7N3O2. The summed E-state index contributed by atoms with van der Waals surface area (Å²) in [4.78, 5) is 26.5. The molecule has 3 amide bonds. The molecule has 1 aliphatic heterocycles. The summed E-state index contributed by atoms with van der Waals surface area (Å²) in [6, 6.07) is 4.01. The van der Waals surface area contributed by atoms with Gasteiger partial charge in [0.25, 0.3) is 0 Å². The largest absolute Gasteiger partial charge is 0.416 e. The van der Waals surface area contributed by atoms with Gasteiger partial charge in [0.05, 0.1) is 23.2 Å². The Labute approximate surface area is 177 Å². The van der Waals surface area contributed by atoms with E-state index in [1.165, 1.54) is 19.2 Å². The van der Waals surface area contributed by atoms with E-state index >= 15 is 0 Å². The Morgan fingerprint density at radius 1 is 1.06 bits per heavy atom. The Bertz CT molecular complexity index is 1030. The molecule has 5 nitrogen and oxygen atoms in total. The summed E-state index contributed by atoms with van der Waals surface area (Å²) in [7, 11) is 1.23. The number of carbonyl (C=O) groups is 2. The van der Waals surface area contributed by atoms with Gasteiger partial charge >= 0.3 is 18.4 Å². The Morgan fingerprint density at radius 2 is 1.69 bits per heavy atom. The average molecular weight is 463 g/mol. The van der Waals surface area contributed by atoms with Crippen LogP contribution in [-0.2, 0) is 23.6 Å². The number of amides is 3. The van der Waals surface area contributed by atoms with Crippen LogP contribution in [0.2, 0.25) is 0 Å². The van der Waals surface area contributed by atoms with Crippen LogP contribution in [0.5, 0.6) is 0 Å². The zero-order valence-corrected chi connectivity index (χ0v) is 16.4. The van der Waals surface area contributed by atoms with Crippen LogP contribution in [-0.4, -0.2) is 32.1 Å². The van der Waals surface area contributed by atoms with E-state index in [2.05, 4.69) is 5.32 Å². The van der Waals surface area contributed by atoms with Crippen LogP contribution >= 0.6 is 0 Å². The molecule has 0 spiro atoms. The molecule has 2 aromatic carbocycles. The standard InChI is InChI=1S/C20H16F7N3O2/c1-29(13-4-2-12(21)3-5-13)17(31)10-14-15(20(25,26)27)8-11(19(22,23)24)9-16(14)30-7-6-28-18(30)32/h2-5,8-9H,6-7,10H2,1H3,(H,28,32). The van der Waals surface area contributed by atoms with Gasteiger partial charge in [0.1, 0.15) is 5.82 Å². The lowest BCUT2D eigenvalue weighted by Crippen LogP contribution is -2.33. The van der Waals surface area contributed by atoms with Crippen molar-refractivity contribution in [2.24, 2.45) is 0 Å². The summed E-state index contributed by atoms with van der Waals surface area (Å²) in [5, 5.41) is 2.31. The number of rotatable bonds is 4. The molecule has 12 heteroatoms. The summed E-state index contributed by atoms with van der Waals surface area (Å²) >= 11 is 0. The van der Waals surface area contributed by atoms with E-state index in [4.69, 9.17) is 0 Å². The second-order valence-corrected chi connectivity index (χ2v) is 7.01. The SMILES string of the molecule is CN(C(=O)Cc1c(N2CCNC2=O)cc(C(F)(F)F)cc1C(F)(F)F)c1ccc(F)cc1. The van der Waals surface area contributed by atoms with E-state index in [-0.39, 0.29) is 24.8 Å². The van der Waals surface area contributed by atoms with E-state index in [9.17, 15) is 40.3 Å². The van der Waals surface area contributed by atoms with E-state index in [1.54, 1.807) is 0 Å². The summed E-state index contributed by atoms with van der Waals surface area (Å²) in [5.74, 6) is -1.50. The number of alkyl halides is 6. The molecule has 0 aromatic heterocycles. The third-order valence-corrected chi connectivity index (χ3v) is 4.92. The van der Waals surface area contributed by atoms with Gasteiger partial charge in [-0.3, -0.25) is 9.69 Å². The first-order valence-electron chi connectivity index (χ1n) is 9.18. The first-order chi connectivity index (χ1) is 14.8. The third-order valence-electron chi connectivity index (χ3n) is 4.92. The number of nitrogens with zero attached hydrogens (tertiary/aromatic N) is 2. The molecule has 1 heterocycles. The number of benzene rings is 2. The van der Waals surface area contributed by atoms with Gasteiger partial charge in [-0.05, 0) is 42.0 Å². The van der Waals surface area contributed by atoms with Crippen molar-refractivity contribution in [3.8, 4) is 0 Å². The minimum atomic E-state index is -5.23. The molecule has 172 valence electrons. The van der Waals surface area contributed by atoms with E-state index < -0.39 is 58.9 Å². The fraction of sp³-hybridized carbons (Fsp3) is 0.300. The second kappa shape index (κ2) is 8.32. The highest BCUT2D eigenvalue weighted by molar-refractivity contribution is 5.99. The van der Waals surface area contributed by atoms with Crippen molar-refractivity contribution in [3.05, 3.63) is 58.9 Å². The molecule has 1 aliphatic rings. The molecule has 0 aliphatic carbocycles. The van der Waals surface area contributed by atoms with Gasteiger partial charge in [0.15, 0.2) is 0 Å². The molecule has 32 heavy (non-hydrogen) atoms. The van der Waals surface area contributed by atoms with Crippen LogP contribution in [0.15, 0.2) is 36.4 Å². The maximum absolute atomic E-state index is 13.7. The summed E-state index contributed by atoms with van der Waals surface area (Å²) in [5.41, 5.74) is -4.51. The maximum atomic E-state index is 13.7. The maximum Gasteiger partial charge on any atom is 0.416 e. The Kier molecular flexibility index (Phi) is 6.07. The number of urea groups is 1. The predicted molar refractivity (Wildman–Crippen MR) is 101 cm³/mol. The number of hydrogen-bond donors (Lipinski definition) is 1. The third kappa shape index (κ3) is 4.78. The second-order valence-electron chi connectivity index (χ2n) is 7.01. The van der Waals surface area contributed by atoms with Gasteiger partial charge in [-0.1, -0.05) is 0 Å². The molecule has 0 saturated carbocycles. The number of nitrogens with one attached hydrogen (secondary N) is 1. The lowest BCUT2D eigenvalue weighted by molar-refractivity contribution is -0.143. The zero-order valence-electron chi connectivity index (χ0n) is 16.4. The molecule has 0 atom stereocenters. The number of hydrogen-bond acceptors (Lipinski definition) is 2. The van der Waals surface area contributed by atoms with Crippen LogP contribution in [0.1, 0.15) is 16.7 Å². The molecule has 3 rings (SSSR count). The monoisotopic (exact) mass is 463 g/mol. The molecule has 1 fully saturated rings. The molecule has 0 bridgehead atoms. The molecule has 0 unspecified atom stereocenters. The summed E-state index contributed by atoms with van der Waals surface area (Å²) < 4.78 is 94.3. The van der Waals surface area contributed by atoms with Gasteiger partial charge in [0.2, 0.25) is 5.91 Å². The minimum absolute atomic E-state index is 0.0132. The first kappa shape index (κ1) is 23.4. The molecular weight excluding hydrogens is 447 g/mol. The van der Waals surface area contributed by atoms with Crippen molar-refractivity contribution < 1.29 is 40.3 Å². The number of likely N-dealkylation sites (N-methyl/N-ethyl adjacent to an activating group) is 1. The van der Waals surface area contributed by atoms with Crippen molar-refractivity contribution in [1.29, 1.82) is 0 Å². The predicted octanol–water partition coefficient (Wildman–Crippen LogP) is 4.60. The van der Waals surface area contributed by atoms with Crippen molar-refractivity contribution in [2.75, 3.05) is 29.9 Å². The quantitative estimate of drug-likeness (QED) is 0.675. The van der Waals surface area contributed by atoms with E-state index in [1.807, 2.05) is 0 Å². The van der Waals surface area contributed by atoms with Gasteiger partial charge < -0.3 is 10.2 Å². The smallest absolute Gasteiger partial charge is 0.336 e. The highest BCUT2D eigenvalue weighted by Gasteiger charge is 2.41. The number of anilines is 2. The van der Waals surface area contributed by atoms with Crippen molar-refractivity contribution >= 4 is 23.3 Å². The Morgan fingerprint density at radius 3 is 2.19 bits per heavy atom. The molecule has 0 radical (unpaired) electrons. The Balaban J connectivity index is 2.12. The van der Waals surface area contributed by atoms with Crippen LogP contribution in [0.4, 0.5) is 46.9 Å². The van der Waals surface area contributed by atoms with Gasteiger partial charge in [-0.25, -0.2) is 9.18 Å². The zero-order chi connectivity index (χ0) is 23.8. The van der Waals surface area contributed by atoms with Crippen molar-refractivity contribution in [1.82, 2.24) is 5.32 Å². The molecule has 2 aromatic rings. The highest BCUT2D eigenvalue weighted by atomic mass is 19.4. The molecule has 1 N–H and O–H groups in total. The van der Waals surface area contributed by atoms with Crippen LogP contribution in [0.25, 0.3) is 0 Å². The lowest BCUT2D eigenvalue weighted by atomic mass is 9.96. The molecule has 1 saturated heterocycles. The van der Waals surface area contributed by atoms with Crippen LogP contribution in [0.3, 0.4) is 0 Å². The lowest BCUT2D eigenvalue weighted by Gasteiger charge is -2.25. The Hall–Kier alpha value is -3.31. The first-order valence-corrected chi connectivity index (χ1v) is 9.18. The topological polar surface area (TPSA) is 52.7 Å². The van der Waals surface area contributed by atoms with Crippen molar-refractivity contribution in [2.45, 2.75) is 18.8 Å². The normalized spacial score (nSPS) is 14.5. The van der Waals surface area contributed by atoms with E-state index in [0.717, 1.165) is 21.9 Å². The minimum Gasteiger partial charge on any atom is -0.336 e. The van der Waals surface area contributed by atoms with E-state index in [0.29, 0.717) is 6.07 Å². The number of halogens is 7. The fourth-order valence-electron chi connectivity index (χ4n) is 3.28. The fourth-order valence-corrected chi connectivity index (χ4v) is 3.28. The average Bonchev–Trinajstić information content (AvgIpc) is 3.12. The van der Waals surface area contributed by atoms with Crippen molar-refractivity contribution in [3.63, 3.8) is 0 Å². The van der Waals surface area contributed by atoms with Crippen LogP contribution in [0, 0.1) is 5.82 Å². The van der Waals surface area contributed by atoms with Gasteiger partial charge in [-0.2, -0.15) is 26.3 Å². The van der Waals surface area contributed by atoms with Gasteiger partial charge in [-0.15, -0.1) is 0 Å². The number of carbonyl (C=O) groups excluding carboxylic acids is 2. The van der Waals surface area contributed by atoms with Gasteiger partial charge in [0, 0.05) is 25.8 Å². The summed E-state index contributed by atoms with van der Waals surface area (Å²) in [6.07, 6.45) is -11.3. The highest BCUT2D eigenvalue weighted by Crippen LogP contribution is 2.42.